The van der Waals surface area contributed by atoms with Gasteiger partial charge < -0.3 is 4.57 Å². The molecular weight excluding hydrogens is 292 g/mol. The minimum Gasteiger partial charge on any atom is -0.319 e. The summed E-state index contributed by atoms with van der Waals surface area (Å²) >= 11 is 0. The van der Waals surface area contributed by atoms with Gasteiger partial charge in [-0.05, 0) is 23.3 Å². The van der Waals surface area contributed by atoms with Gasteiger partial charge >= 0.3 is 0 Å². The van der Waals surface area contributed by atoms with E-state index in [0.717, 1.165) is 34.5 Å². The lowest BCUT2D eigenvalue weighted by atomic mass is 10.1. The first-order valence-corrected chi connectivity index (χ1v) is 8.07. The van der Waals surface area contributed by atoms with Gasteiger partial charge in [0.15, 0.2) is 0 Å². The molecule has 1 aromatic heterocycles. The van der Waals surface area contributed by atoms with E-state index in [4.69, 9.17) is 4.98 Å². The minimum absolute atomic E-state index is 0.794. The van der Waals surface area contributed by atoms with Gasteiger partial charge in [0.05, 0.1) is 11.0 Å². The highest BCUT2D eigenvalue weighted by Gasteiger charge is 2.12. The molecule has 0 aliphatic heterocycles. The van der Waals surface area contributed by atoms with E-state index in [1.807, 2.05) is 18.2 Å². The molecule has 0 N–H and O–H groups in total. The van der Waals surface area contributed by atoms with E-state index in [0.29, 0.717) is 0 Å². The Labute approximate surface area is 141 Å². The molecule has 2 nitrogen and oxygen atoms in total. The first-order valence-electron chi connectivity index (χ1n) is 8.07. The van der Waals surface area contributed by atoms with Crippen LogP contribution >= 0.6 is 0 Å². The molecule has 3 aromatic carbocycles. The Balaban J connectivity index is 1.84. The molecule has 0 fully saturated rings. The highest BCUT2D eigenvalue weighted by atomic mass is 15.1. The second-order valence-corrected chi connectivity index (χ2v) is 5.82. The number of hydrogen-bond acceptors (Lipinski definition) is 1. The normalized spacial score (nSPS) is 10.8. The Morgan fingerprint density at radius 2 is 1.54 bits per heavy atom. The quantitative estimate of drug-likeness (QED) is 0.494. The van der Waals surface area contributed by atoms with Crippen molar-refractivity contribution >= 4 is 17.1 Å². The molecule has 0 radical (unpaired) electrons. The molecule has 1 heterocycles. The molecule has 0 saturated carbocycles. The summed E-state index contributed by atoms with van der Waals surface area (Å²) in [5, 5.41) is 0. The molecule has 0 amide bonds. The van der Waals surface area contributed by atoms with Crippen LogP contribution in [0.15, 0.2) is 85.4 Å². The topological polar surface area (TPSA) is 17.8 Å². The molecular formula is C22H18N2. The maximum atomic E-state index is 4.86. The summed E-state index contributed by atoms with van der Waals surface area (Å²) in [5.74, 6) is 1.00. The van der Waals surface area contributed by atoms with E-state index in [9.17, 15) is 0 Å². The van der Waals surface area contributed by atoms with E-state index in [1.165, 1.54) is 5.56 Å². The third-order valence-corrected chi connectivity index (χ3v) is 4.24. The predicted molar refractivity (Wildman–Crippen MR) is 101 cm³/mol. The molecule has 0 unspecified atom stereocenters. The average molecular weight is 310 g/mol. The molecule has 0 spiro atoms. The van der Waals surface area contributed by atoms with Gasteiger partial charge in [0, 0.05) is 12.1 Å². The standard InChI is InChI=1S/C22H18N2/c1-2-17-12-14-18(15-13-17)16-24-21-11-7-6-10-20(21)23-22(24)19-8-4-3-5-9-19/h2-15H,1,16H2. The summed E-state index contributed by atoms with van der Waals surface area (Å²) in [6, 6.07) is 27.2. The molecule has 4 aromatic rings. The second kappa shape index (κ2) is 6.17. The van der Waals surface area contributed by atoms with Gasteiger partial charge in [0.1, 0.15) is 5.82 Å². The predicted octanol–water partition coefficient (Wildman–Crippen LogP) is 5.39. The molecule has 0 atom stereocenters. The van der Waals surface area contributed by atoms with Crippen molar-refractivity contribution in [2.45, 2.75) is 6.54 Å². The molecule has 0 saturated heterocycles. The second-order valence-electron chi connectivity index (χ2n) is 5.82. The van der Waals surface area contributed by atoms with E-state index < -0.39 is 0 Å². The molecule has 4 rings (SSSR count). The lowest BCUT2D eigenvalue weighted by molar-refractivity contribution is 0.834. The number of nitrogens with zero attached hydrogens (tertiary/aromatic N) is 2. The smallest absolute Gasteiger partial charge is 0.141 e. The minimum atomic E-state index is 0.794. The Morgan fingerprint density at radius 1 is 0.833 bits per heavy atom. The van der Waals surface area contributed by atoms with Crippen LogP contribution in [0.4, 0.5) is 0 Å². The molecule has 24 heavy (non-hydrogen) atoms. The first kappa shape index (κ1) is 14.5. The molecule has 2 heteroatoms. The van der Waals surface area contributed by atoms with Gasteiger partial charge in [0.25, 0.3) is 0 Å². The van der Waals surface area contributed by atoms with Crippen LogP contribution in [-0.2, 0) is 6.54 Å². The summed E-state index contributed by atoms with van der Waals surface area (Å²) in [6.45, 7) is 4.61. The zero-order valence-electron chi connectivity index (χ0n) is 13.4. The molecule has 0 aliphatic rings. The summed E-state index contributed by atoms with van der Waals surface area (Å²) in [6.07, 6.45) is 1.87. The van der Waals surface area contributed by atoms with Gasteiger partial charge in [-0.15, -0.1) is 0 Å². The van der Waals surface area contributed by atoms with Crippen molar-refractivity contribution in [2.24, 2.45) is 0 Å². The van der Waals surface area contributed by atoms with Crippen LogP contribution in [0.2, 0.25) is 0 Å². The zero-order chi connectivity index (χ0) is 16.4. The van der Waals surface area contributed by atoms with Gasteiger partial charge in [-0.3, -0.25) is 0 Å². The summed E-state index contributed by atoms with van der Waals surface area (Å²) in [5.41, 5.74) is 5.71. The van der Waals surface area contributed by atoms with Crippen LogP contribution in [0.5, 0.6) is 0 Å². The zero-order valence-corrected chi connectivity index (χ0v) is 13.4. The van der Waals surface area contributed by atoms with Crippen LogP contribution in [0.1, 0.15) is 11.1 Å². The van der Waals surface area contributed by atoms with Crippen LogP contribution < -0.4 is 0 Å². The lowest BCUT2D eigenvalue weighted by Crippen LogP contribution is -2.02. The van der Waals surface area contributed by atoms with Crippen molar-refractivity contribution in [3.63, 3.8) is 0 Å². The molecule has 0 aliphatic carbocycles. The molecule has 0 bridgehead atoms. The van der Waals surface area contributed by atoms with E-state index >= 15 is 0 Å². The maximum Gasteiger partial charge on any atom is 0.141 e. The van der Waals surface area contributed by atoms with Crippen molar-refractivity contribution in [3.8, 4) is 11.4 Å². The number of para-hydroxylation sites is 2. The number of rotatable bonds is 4. The van der Waals surface area contributed by atoms with Crippen molar-refractivity contribution < 1.29 is 0 Å². The fourth-order valence-corrected chi connectivity index (χ4v) is 2.98. The SMILES string of the molecule is C=Cc1ccc(Cn2c(-c3ccccc3)nc3ccccc32)cc1. The fraction of sp³-hybridized carbons (Fsp3) is 0.0455. The van der Waals surface area contributed by atoms with E-state index in [1.54, 1.807) is 0 Å². The van der Waals surface area contributed by atoms with Gasteiger partial charge in [-0.1, -0.05) is 79.4 Å². The van der Waals surface area contributed by atoms with Gasteiger partial charge in [-0.2, -0.15) is 0 Å². The number of fused-ring (bicyclic) bond motifs is 1. The highest BCUT2D eigenvalue weighted by molar-refractivity contribution is 5.80. The molecule has 116 valence electrons. The fourth-order valence-electron chi connectivity index (χ4n) is 2.98. The third kappa shape index (κ3) is 2.63. The average Bonchev–Trinajstić information content (AvgIpc) is 3.02. The number of imidazole rings is 1. The van der Waals surface area contributed by atoms with Crippen LogP contribution in [0.25, 0.3) is 28.5 Å². The number of benzene rings is 3. The van der Waals surface area contributed by atoms with E-state index in [-0.39, 0.29) is 0 Å². The summed E-state index contributed by atoms with van der Waals surface area (Å²) in [7, 11) is 0. The maximum absolute atomic E-state index is 4.86. The van der Waals surface area contributed by atoms with Crippen molar-refractivity contribution in [1.29, 1.82) is 0 Å². The monoisotopic (exact) mass is 310 g/mol. The van der Waals surface area contributed by atoms with Crippen molar-refractivity contribution in [1.82, 2.24) is 9.55 Å². The lowest BCUT2D eigenvalue weighted by Gasteiger charge is -2.10. The Hall–Kier alpha value is -3.13. The van der Waals surface area contributed by atoms with Crippen LogP contribution in [-0.4, -0.2) is 9.55 Å². The van der Waals surface area contributed by atoms with Crippen molar-refractivity contribution in [2.75, 3.05) is 0 Å². The van der Waals surface area contributed by atoms with Crippen LogP contribution in [0.3, 0.4) is 0 Å². The van der Waals surface area contributed by atoms with Crippen LogP contribution in [0, 0.1) is 0 Å². The van der Waals surface area contributed by atoms with E-state index in [2.05, 4.69) is 77.9 Å². The third-order valence-electron chi connectivity index (χ3n) is 4.24. The highest BCUT2D eigenvalue weighted by Crippen LogP contribution is 2.25. The Kier molecular flexibility index (Phi) is 3.72. The largest absolute Gasteiger partial charge is 0.319 e. The Bertz CT molecular complexity index is 980. The number of hydrogen-bond donors (Lipinski definition) is 0. The van der Waals surface area contributed by atoms with Crippen molar-refractivity contribution in [3.05, 3.63) is 96.6 Å². The number of aromatic nitrogens is 2. The first-order chi connectivity index (χ1) is 11.8. The van der Waals surface area contributed by atoms with Gasteiger partial charge in [0.2, 0.25) is 0 Å². The summed E-state index contributed by atoms with van der Waals surface area (Å²) < 4.78 is 2.29. The van der Waals surface area contributed by atoms with Gasteiger partial charge in [-0.25, -0.2) is 4.98 Å². The Morgan fingerprint density at radius 3 is 2.29 bits per heavy atom. The summed E-state index contributed by atoms with van der Waals surface area (Å²) in [4.78, 5) is 4.86.